The molecule has 0 saturated carbocycles. The molecule has 0 radical (unpaired) electrons. The Morgan fingerprint density at radius 2 is 2.20 bits per heavy atom. The van der Waals surface area contributed by atoms with Crippen LogP contribution in [0.2, 0.25) is 0 Å². The SMILES string of the molecule is CC=C(CCN)C(=O)O.Cl. The molecule has 0 saturated heterocycles. The minimum absolute atomic E-state index is 0. The van der Waals surface area contributed by atoms with Gasteiger partial charge in [-0.05, 0) is 19.9 Å². The molecule has 0 aromatic heterocycles. The summed E-state index contributed by atoms with van der Waals surface area (Å²) in [6, 6.07) is 0. The standard InChI is InChI=1S/C6H11NO2.ClH/c1-2-5(3-4-7)6(8)9;/h2H,3-4,7H2,1H3,(H,8,9);1H. The average Bonchev–Trinajstić information content (AvgIpc) is 1.82. The van der Waals surface area contributed by atoms with Gasteiger partial charge in [0, 0.05) is 5.57 Å². The minimum atomic E-state index is -0.872. The van der Waals surface area contributed by atoms with Gasteiger partial charge in [-0.2, -0.15) is 0 Å². The third-order valence-corrected chi connectivity index (χ3v) is 1.04. The Morgan fingerprint density at radius 3 is 2.30 bits per heavy atom. The van der Waals surface area contributed by atoms with E-state index in [1.165, 1.54) is 0 Å². The number of hydrogen-bond acceptors (Lipinski definition) is 2. The van der Waals surface area contributed by atoms with Crippen molar-refractivity contribution in [1.82, 2.24) is 0 Å². The number of carboxylic acid groups (broad SMARTS) is 1. The van der Waals surface area contributed by atoms with Crippen LogP contribution in [0.4, 0.5) is 0 Å². The Kier molecular flexibility index (Phi) is 8.00. The van der Waals surface area contributed by atoms with Crippen LogP contribution in [0.1, 0.15) is 13.3 Å². The molecular weight excluding hydrogens is 154 g/mol. The molecule has 0 aliphatic carbocycles. The van der Waals surface area contributed by atoms with E-state index in [1.807, 2.05) is 0 Å². The maximum Gasteiger partial charge on any atom is 0.331 e. The van der Waals surface area contributed by atoms with Gasteiger partial charge < -0.3 is 10.8 Å². The molecule has 10 heavy (non-hydrogen) atoms. The van der Waals surface area contributed by atoms with Gasteiger partial charge in [-0.25, -0.2) is 4.79 Å². The molecule has 0 fully saturated rings. The number of hydrogen-bond donors (Lipinski definition) is 2. The zero-order chi connectivity index (χ0) is 7.28. The van der Waals surface area contributed by atoms with Crippen molar-refractivity contribution in [2.75, 3.05) is 6.54 Å². The van der Waals surface area contributed by atoms with Crippen LogP contribution in [-0.2, 0) is 4.79 Å². The third-order valence-electron chi connectivity index (χ3n) is 1.04. The molecule has 0 unspecified atom stereocenters. The Labute approximate surface area is 66.3 Å². The van der Waals surface area contributed by atoms with Crippen LogP contribution in [-0.4, -0.2) is 17.6 Å². The van der Waals surface area contributed by atoms with Crippen molar-refractivity contribution in [3.05, 3.63) is 11.6 Å². The van der Waals surface area contributed by atoms with Gasteiger partial charge in [0.05, 0.1) is 0 Å². The fourth-order valence-corrected chi connectivity index (χ4v) is 0.530. The highest BCUT2D eigenvalue weighted by molar-refractivity contribution is 5.86. The van der Waals surface area contributed by atoms with E-state index >= 15 is 0 Å². The van der Waals surface area contributed by atoms with Crippen LogP contribution in [0.3, 0.4) is 0 Å². The molecule has 0 aliphatic rings. The van der Waals surface area contributed by atoms with Gasteiger partial charge in [0.25, 0.3) is 0 Å². The summed E-state index contributed by atoms with van der Waals surface area (Å²) in [5, 5.41) is 8.38. The van der Waals surface area contributed by atoms with E-state index in [-0.39, 0.29) is 12.4 Å². The van der Waals surface area contributed by atoms with Crippen molar-refractivity contribution in [2.24, 2.45) is 5.73 Å². The highest BCUT2D eigenvalue weighted by Crippen LogP contribution is 1.97. The minimum Gasteiger partial charge on any atom is -0.478 e. The first-order valence-electron chi connectivity index (χ1n) is 2.81. The van der Waals surface area contributed by atoms with Gasteiger partial charge in [0.1, 0.15) is 0 Å². The number of carboxylic acids is 1. The smallest absolute Gasteiger partial charge is 0.331 e. The Hall–Kier alpha value is -0.540. The predicted octanol–water partition coefficient (Wildman–Crippen LogP) is 0.788. The summed E-state index contributed by atoms with van der Waals surface area (Å²) in [4.78, 5) is 10.2. The summed E-state index contributed by atoms with van der Waals surface area (Å²) >= 11 is 0. The summed E-state index contributed by atoms with van der Waals surface area (Å²) in [6.07, 6.45) is 2.01. The van der Waals surface area contributed by atoms with Crippen molar-refractivity contribution in [3.63, 3.8) is 0 Å². The third kappa shape index (κ3) is 4.35. The largest absolute Gasteiger partial charge is 0.478 e. The lowest BCUT2D eigenvalue weighted by Gasteiger charge is -1.95. The molecule has 0 spiro atoms. The fourth-order valence-electron chi connectivity index (χ4n) is 0.530. The molecule has 0 bridgehead atoms. The van der Waals surface area contributed by atoms with Crippen molar-refractivity contribution < 1.29 is 9.90 Å². The quantitative estimate of drug-likeness (QED) is 0.608. The number of halogens is 1. The number of carbonyl (C=O) groups is 1. The van der Waals surface area contributed by atoms with Gasteiger partial charge >= 0.3 is 5.97 Å². The van der Waals surface area contributed by atoms with Crippen molar-refractivity contribution in [2.45, 2.75) is 13.3 Å². The van der Waals surface area contributed by atoms with E-state index in [0.717, 1.165) is 0 Å². The van der Waals surface area contributed by atoms with E-state index in [2.05, 4.69) is 0 Å². The molecule has 0 amide bonds. The average molecular weight is 166 g/mol. The van der Waals surface area contributed by atoms with Crippen molar-refractivity contribution >= 4 is 18.4 Å². The lowest BCUT2D eigenvalue weighted by atomic mass is 10.2. The number of allylic oxidation sites excluding steroid dienone is 1. The van der Waals surface area contributed by atoms with Crippen molar-refractivity contribution in [3.8, 4) is 0 Å². The maximum absolute atomic E-state index is 10.2. The Bertz CT molecular complexity index is 134. The Morgan fingerprint density at radius 1 is 1.70 bits per heavy atom. The van der Waals surface area contributed by atoms with E-state index in [9.17, 15) is 4.79 Å². The van der Waals surface area contributed by atoms with Crippen LogP contribution in [0.15, 0.2) is 11.6 Å². The van der Waals surface area contributed by atoms with Gasteiger partial charge in [-0.15, -0.1) is 12.4 Å². The van der Waals surface area contributed by atoms with Gasteiger partial charge in [0.15, 0.2) is 0 Å². The molecule has 0 aliphatic heterocycles. The fraction of sp³-hybridized carbons (Fsp3) is 0.500. The molecular formula is C6H12ClNO2. The summed E-state index contributed by atoms with van der Waals surface area (Å²) in [5.74, 6) is -0.872. The van der Waals surface area contributed by atoms with Crippen LogP contribution < -0.4 is 5.73 Å². The maximum atomic E-state index is 10.2. The second-order valence-corrected chi connectivity index (χ2v) is 1.66. The van der Waals surface area contributed by atoms with Gasteiger partial charge in [0.2, 0.25) is 0 Å². The number of nitrogens with two attached hydrogens (primary N) is 1. The lowest BCUT2D eigenvalue weighted by molar-refractivity contribution is -0.132. The van der Waals surface area contributed by atoms with E-state index in [0.29, 0.717) is 18.5 Å². The first kappa shape index (κ1) is 12.2. The topological polar surface area (TPSA) is 63.3 Å². The van der Waals surface area contributed by atoms with E-state index < -0.39 is 5.97 Å². The summed E-state index contributed by atoms with van der Waals surface area (Å²) in [5.41, 5.74) is 5.53. The molecule has 0 aromatic rings. The highest BCUT2D eigenvalue weighted by atomic mass is 35.5. The number of aliphatic carboxylic acids is 1. The first-order valence-corrected chi connectivity index (χ1v) is 2.81. The second-order valence-electron chi connectivity index (χ2n) is 1.66. The Balaban J connectivity index is 0. The van der Waals surface area contributed by atoms with Gasteiger partial charge in [-0.1, -0.05) is 6.08 Å². The zero-order valence-corrected chi connectivity index (χ0v) is 6.65. The molecule has 3 N–H and O–H groups in total. The monoisotopic (exact) mass is 165 g/mol. The summed E-state index contributed by atoms with van der Waals surface area (Å²) < 4.78 is 0. The first-order chi connectivity index (χ1) is 4.22. The molecule has 0 aromatic carbocycles. The van der Waals surface area contributed by atoms with E-state index in [1.54, 1.807) is 13.0 Å². The molecule has 0 rings (SSSR count). The molecule has 0 heterocycles. The highest BCUT2D eigenvalue weighted by Gasteiger charge is 2.02. The van der Waals surface area contributed by atoms with Crippen molar-refractivity contribution in [1.29, 1.82) is 0 Å². The zero-order valence-electron chi connectivity index (χ0n) is 5.83. The second kappa shape index (κ2) is 6.58. The summed E-state index contributed by atoms with van der Waals surface area (Å²) in [6.45, 7) is 2.09. The van der Waals surface area contributed by atoms with Gasteiger partial charge in [-0.3, -0.25) is 0 Å². The molecule has 3 nitrogen and oxygen atoms in total. The summed E-state index contributed by atoms with van der Waals surface area (Å²) in [7, 11) is 0. The lowest BCUT2D eigenvalue weighted by Crippen LogP contribution is -2.07. The van der Waals surface area contributed by atoms with Crippen LogP contribution in [0, 0.1) is 0 Å². The molecule has 0 atom stereocenters. The normalized spacial score (nSPS) is 10.4. The van der Waals surface area contributed by atoms with Crippen LogP contribution in [0.25, 0.3) is 0 Å². The molecule has 60 valence electrons. The predicted molar refractivity (Wildman–Crippen MR) is 42.3 cm³/mol. The van der Waals surface area contributed by atoms with E-state index in [4.69, 9.17) is 10.8 Å². The molecule has 4 heteroatoms. The van der Waals surface area contributed by atoms with Crippen LogP contribution in [0.5, 0.6) is 0 Å². The number of rotatable bonds is 3. The van der Waals surface area contributed by atoms with Crippen LogP contribution >= 0.6 is 12.4 Å².